The number of halogens is 1. The summed E-state index contributed by atoms with van der Waals surface area (Å²) in [6, 6.07) is 7.30. The van der Waals surface area contributed by atoms with Crippen molar-refractivity contribution >= 4 is 40.5 Å². The summed E-state index contributed by atoms with van der Waals surface area (Å²) >= 11 is 11.0. The summed E-state index contributed by atoms with van der Waals surface area (Å²) in [6.07, 6.45) is 6.86. The van der Waals surface area contributed by atoms with Gasteiger partial charge in [0.1, 0.15) is 5.84 Å². The van der Waals surface area contributed by atoms with Gasteiger partial charge in [-0.1, -0.05) is 44.2 Å². The van der Waals surface area contributed by atoms with Crippen LogP contribution in [0.5, 0.6) is 0 Å². The highest BCUT2D eigenvalue weighted by atomic mass is 35.5. The van der Waals surface area contributed by atoms with Gasteiger partial charge in [-0.25, -0.2) is 4.99 Å². The number of benzene rings is 1. The van der Waals surface area contributed by atoms with E-state index in [0.29, 0.717) is 16.0 Å². The van der Waals surface area contributed by atoms with Crippen molar-refractivity contribution in [1.29, 1.82) is 0 Å². The normalized spacial score (nSPS) is 11.4. The molecule has 1 aromatic rings. The van der Waals surface area contributed by atoms with Crippen LogP contribution in [0.15, 0.2) is 29.3 Å². The number of unbranched alkanes of at least 4 members (excludes halogenated alkanes) is 4. The molecule has 0 aliphatic rings. The molecule has 3 nitrogen and oxygen atoms in total. The molecule has 0 aliphatic carbocycles. The molecule has 5 heteroatoms. The number of nitrogens with two attached hydrogens (primary N) is 1. The van der Waals surface area contributed by atoms with Gasteiger partial charge >= 0.3 is 0 Å². The highest BCUT2D eigenvalue weighted by molar-refractivity contribution is 7.80. The first-order valence-corrected chi connectivity index (χ1v) is 7.80. The third-order valence-corrected chi connectivity index (χ3v) is 3.32. The van der Waals surface area contributed by atoms with Gasteiger partial charge in [-0.05, 0) is 42.9 Å². The number of hydrogen-bond acceptors (Lipinski definition) is 1. The van der Waals surface area contributed by atoms with Crippen molar-refractivity contribution in [2.24, 2.45) is 10.7 Å². The minimum atomic E-state index is 0.387. The molecule has 0 unspecified atom stereocenters. The largest absolute Gasteiger partial charge is 0.387 e. The van der Waals surface area contributed by atoms with Gasteiger partial charge in [0.15, 0.2) is 5.11 Å². The third-order valence-electron chi connectivity index (χ3n) is 2.88. The summed E-state index contributed by atoms with van der Waals surface area (Å²) in [7, 11) is 0. The Balaban J connectivity index is 2.32. The number of aliphatic imine (C=N–C) groups is 1. The first kappa shape index (κ1) is 16.9. The standard InChI is InChI=1S/C15H22ClN3S/c1-2-3-4-5-6-7-14(17)19-15(20)18-13-10-8-12(16)9-11-13/h8-11H,2-7H2,1H3,(H3,17,18,19,20). The predicted molar refractivity (Wildman–Crippen MR) is 92.7 cm³/mol. The van der Waals surface area contributed by atoms with Gasteiger partial charge in [-0.3, -0.25) is 0 Å². The van der Waals surface area contributed by atoms with Crippen LogP contribution in [0.25, 0.3) is 0 Å². The van der Waals surface area contributed by atoms with Crippen LogP contribution in [-0.2, 0) is 0 Å². The van der Waals surface area contributed by atoms with Gasteiger partial charge in [-0.15, -0.1) is 0 Å². The van der Waals surface area contributed by atoms with Gasteiger partial charge in [0.05, 0.1) is 0 Å². The second-order valence-electron chi connectivity index (χ2n) is 4.70. The smallest absolute Gasteiger partial charge is 0.198 e. The monoisotopic (exact) mass is 311 g/mol. The molecule has 0 heterocycles. The van der Waals surface area contributed by atoms with Crippen LogP contribution in [0.2, 0.25) is 5.02 Å². The lowest BCUT2D eigenvalue weighted by Gasteiger charge is -2.05. The van der Waals surface area contributed by atoms with Crippen LogP contribution in [0.4, 0.5) is 5.69 Å². The van der Waals surface area contributed by atoms with E-state index in [-0.39, 0.29) is 0 Å². The van der Waals surface area contributed by atoms with Gasteiger partial charge in [0, 0.05) is 17.1 Å². The SMILES string of the molecule is CCCCCCCC(N)=NC(=S)Nc1ccc(Cl)cc1. The number of amidine groups is 1. The van der Waals surface area contributed by atoms with Crippen LogP contribution < -0.4 is 11.1 Å². The van der Waals surface area contributed by atoms with E-state index in [1.807, 2.05) is 12.1 Å². The maximum absolute atomic E-state index is 5.87. The van der Waals surface area contributed by atoms with Gasteiger partial charge < -0.3 is 11.1 Å². The first-order chi connectivity index (χ1) is 9.61. The molecule has 20 heavy (non-hydrogen) atoms. The fourth-order valence-corrected chi connectivity index (χ4v) is 2.14. The van der Waals surface area contributed by atoms with Crippen LogP contribution in [-0.4, -0.2) is 10.9 Å². The number of nitrogens with one attached hydrogen (secondary N) is 1. The minimum Gasteiger partial charge on any atom is -0.387 e. The van der Waals surface area contributed by atoms with E-state index in [2.05, 4.69) is 17.2 Å². The summed E-state index contributed by atoms with van der Waals surface area (Å²) in [5.74, 6) is 0.591. The maximum atomic E-state index is 5.87. The zero-order chi connectivity index (χ0) is 14.8. The zero-order valence-electron chi connectivity index (χ0n) is 11.9. The zero-order valence-corrected chi connectivity index (χ0v) is 13.4. The lowest BCUT2D eigenvalue weighted by molar-refractivity contribution is 0.642. The van der Waals surface area contributed by atoms with E-state index in [1.165, 1.54) is 25.7 Å². The molecular formula is C15H22ClN3S. The molecule has 1 rings (SSSR count). The fourth-order valence-electron chi connectivity index (χ4n) is 1.78. The number of thiocarbonyl (C=S) groups is 1. The van der Waals surface area contributed by atoms with Crippen molar-refractivity contribution in [1.82, 2.24) is 0 Å². The Morgan fingerprint density at radius 1 is 1.20 bits per heavy atom. The molecule has 0 radical (unpaired) electrons. The highest BCUT2D eigenvalue weighted by Crippen LogP contribution is 2.13. The lowest BCUT2D eigenvalue weighted by atomic mass is 10.1. The van der Waals surface area contributed by atoms with Crippen LogP contribution >= 0.6 is 23.8 Å². The van der Waals surface area contributed by atoms with Gasteiger partial charge in [0.2, 0.25) is 0 Å². The van der Waals surface area contributed by atoms with E-state index in [0.717, 1.165) is 18.5 Å². The Morgan fingerprint density at radius 3 is 2.50 bits per heavy atom. The molecular weight excluding hydrogens is 290 g/mol. The number of anilines is 1. The Hall–Kier alpha value is -1.13. The third kappa shape index (κ3) is 7.46. The van der Waals surface area contributed by atoms with Gasteiger partial charge in [0.25, 0.3) is 0 Å². The Kier molecular flexibility index (Phi) is 8.23. The number of hydrogen-bond donors (Lipinski definition) is 2. The molecule has 0 saturated heterocycles. The van der Waals surface area contributed by atoms with Crippen molar-refractivity contribution in [2.45, 2.75) is 45.4 Å². The van der Waals surface area contributed by atoms with E-state index in [9.17, 15) is 0 Å². The van der Waals surface area contributed by atoms with Crippen molar-refractivity contribution in [2.75, 3.05) is 5.32 Å². The van der Waals surface area contributed by atoms with Crippen LogP contribution in [0, 0.1) is 0 Å². The molecule has 0 aromatic heterocycles. The van der Waals surface area contributed by atoms with Crippen LogP contribution in [0.3, 0.4) is 0 Å². The fraction of sp³-hybridized carbons (Fsp3) is 0.467. The van der Waals surface area contributed by atoms with E-state index < -0.39 is 0 Å². The number of rotatable bonds is 7. The Labute approximate surface area is 131 Å². The summed E-state index contributed by atoms with van der Waals surface area (Å²) in [4.78, 5) is 4.19. The summed E-state index contributed by atoms with van der Waals surface area (Å²) in [5.41, 5.74) is 6.73. The molecule has 0 atom stereocenters. The lowest BCUT2D eigenvalue weighted by Crippen LogP contribution is -2.16. The molecule has 0 aliphatic heterocycles. The van der Waals surface area contributed by atoms with Crippen molar-refractivity contribution < 1.29 is 0 Å². The van der Waals surface area contributed by atoms with E-state index >= 15 is 0 Å². The molecule has 0 amide bonds. The van der Waals surface area contributed by atoms with Crippen molar-refractivity contribution in [3.05, 3.63) is 29.3 Å². The molecule has 3 N–H and O–H groups in total. The first-order valence-electron chi connectivity index (χ1n) is 7.01. The summed E-state index contributed by atoms with van der Waals surface area (Å²) in [5, 5.41) is 4.09. The molecule has 0 bridgehead atoms. The molecule has 110 valence electrons. The second kappa shape index (κ2) is 9.72. The summed E-state index contributed by atoms with van der Waals surface area (Å²) < 4.78 is 0. The van der Waals surface area contributed by atoms with Gasteiger partial charge in [-0.2, -0.15) is 0 Å². The van der Waals surface area contributed by atoms with Crippen molar-refractivity contribution in [3.63, 3.8) is 0 Å². The highest BCUT2D eigenvalue weighted by Gasteiger charge is 1.99. The second-order valence-corrected chi connectivity index (χ2v) is 5.53. The molecule has 1 aromatic carbocycles. The van der Waals surface area contributed by atoms with Crippen molar-refractivity contribution in [3.8, 4) is 0 Å². The average Bonchev–Trinajstić information content (AvgIpc) is 2.41. The predicted octanol–water partition coefficient (Wildman–Crippen LogP) is 4.75. The topological polar surface area (TPSA) is 50.4 Å². The summed E-state index contributed by atoms with van der Waals surface area (Å²) in [6.45, 7) is 2.21. The average molecular weight is 312 g/mol. The molecule has 0 saturated carbocycles. The Morgan fingerprint density at radius 2 is 1.85 bits per heavy atom. The van der Waals surface area contributed by atoms with Crippen LogP contribution in [0.1, 0.15) is 45.4 Å². The quantitative estimate of drug-likeness (QED) is 0.330. The minimum absolute atomic E-state index is 0.387. The van der Waals surface area contributed by atoms with E-state index in [1.54, 1.807) is 12.1 Å². The molecule has 0 spiro atoms. The number of nitrogens with zero attached hydrogens (tertiary/aromatic N) is 1. The Bertz CT molecular complexity index is 443. The van der Waals surface area contributed by atoms with E-state index in [4.69, 9.17) is 29.6 Å². The maximum Gasteiger partial charge on any atom is 0.198 e. The molecule has 0 fully saturated rings.